The first-order valence-electron chi connectivity index (χ1n) is 8.59. The van der Waals surface area contributed by atoms with Gasteiger partial charge < -0.3 is 0 Å². The van der Waals surface area contributed by atoms with Crippen molar-refractivity contribution in [2.45, 2.75) is 19.9 Å². The predicted molar refractivity (Wildman–Crippen MR) is 115 cm³/mol. The van der Waals surface area contributed by atoms with Crippen LogP contribution in [0.5, 0.6) is 0 Å². The zero-order valence-corrected chi connectivity index (χ0v) is 17.6. The Balaban J connectivity index is 1.53. The van der Waals surface area contributed by atoms with Gasteiger partial charge in [-0.15, -0.1) is 11.3 Å². The molecule has 6 nitrogen and oxygen atoms in total. The largest absolute Gasteiger partial charge is 0.282 e. The van der Waals surface area contributed by atoms with E-state index in [9.17, 15) is 4.79 Å². The molecule has 0 unspecified atom stereocenters. The lowest BCUT2D eigenvalue weighted by molar-refractivity contribution is -0.117. The van der Waals surface area contributed by atoms with Crippen LogP contribution in [0.2, 0.25) is 0 Å². The number of halogens is 1. The summed E-state index contributed by atoms with van der Waals surface area (Å²) < 4.78 is 0.959. The molecule has 1 atom stereocenters. The van der Waals surface area contributed by atoms with Gasteiger partial charge >= 0.3 is 0 Å². The number of thiazole rings is 1. The second-order valence-electron chi connectivity index (χ2n) is 6.37. The molecule has 1 aliphatic rings. The number of nitrogens with zero attached hydrogens (tertiary/aromatic N) is 5. The van der Waals surface area contributed by atoms with Gasteiger partial charge in [-0.3, -0.25) is 4.79 Å². The number of hydrazone groups is 1. The summed E-state index contributed by atoms with van der Waals surface area (Å²) in [6, 6.07) is 14.8. The van der Waals surface area contributed by atoms with E-state index < -0.39 is 6.04 Å². The van der Waals surface area contributed by atoms with Crippen molar-refractivity contribution < 1.29 is 4.79 Å². The van der Waals surface area contributed by atoms with E-state index in [1.54, 1.807) is 6.92 Å². The van der Waals surface area contributed by atoms with Gasteiger partial charge in [0.15, 0.2) is 6.04 Å². The highest BCUT2D eigenvalue weighted by molar-refractivity contribution is 9.10. The van der Waals surface area contributed by atoms with E-state index >= 15 is 0 Å². The fourth-order valence-electron chi connectivity index (χ4n) is 2.68. The van der Waals surface area contributed by atoms with E-state index in [0.29, 0.717) is 16.5 Å². The molecule has 3 aromatic rings. The van der Waals surface area contributed by atoms with Crippen LogP contribution in [0.3, 0.4) is 0 Å². The highest BCUT2D eigenvalue weighted by Gasteiger charge is 2.36. The molecular formula is C20H16BrN5OS. The topological polar surface area (TPSA) is 70.3 Å². The molecule has 0 saturated carbocycles. The van der Waals surface area contributed by atoms with Crippen molar-refractivity contribution in [3.05, 3.63) is 63.9 Å². The molecule has 0 saturated heterocycles. The summed E-state index contributed by atoms with van der Waals surface area (Å²) in [7, 11) is 0. The molecule has 140 valence electrons. The van der Waals surface area contributed by atoms with Crippen molar-refractivity contribution in [1.29, 1.82) is 0 Å². The fourth-order valence-corrected chi connectivity index (χ4v) is 3.73. The number of rotatable bonds is 4. The lowest BCUT2D eigenvalue weighted by Crippen LogP contribution is -2.29. The van der Waals surface area contributed by atoms with Gasteiger partial charge in [-0.05, 0) is 38.1 Å². The normalized spacial score (nSPS) is 16.8. The second kappa shape index (κ2) is 7.73. The van der Waals surface area contributed by atoms with Crippen LogP contribution in [-0.4, -0.2) is 22.6 Å². The molecule has 2 heterocycles. The van der Waals surface area contributed by atoms with Gasteiger partial charge in [-0.25, -0.2) is 4.98 Å². The van der Waals surface area contributed by atoms with Crippen LogP contribution in [0.1, 0.15) is 12.5 Å². The molecule has 2 aromatic carbocycles. The van der Waals surface area contributed by atoms with E-state index in [1.165, 1.54) is 21.9 Å². The Labute approximate surface area is 174 Å². The summed E-state index contributed by atoms with van der Waals surface area (Å²) in [5.41, 5.74) is 4.29. The Kier molecular flexibility index (Phi) is 5.15. The first-order chi connectivity index (χ1) is 13.5. The minimum atomic E-state index is -0.727. The van der Waals surface area contributed by atoms with E-state index in [1.807, 2.05) is 60.8 Å². The molecule has 1 amide bonds. The van der Waals surface area contributed by atoms with Crippen LogP contribution in [0.15, 0.2) is 73.7 Å². The number of hydrogen-bond donors (Lipinski definition) is 0. The van der Waals surface area contributed by atoms with Crippen molar-refractivity contribution in [1.82, 2.24) is 4.98 Å². The van der Waals surface area contributed by atoms with E-state index in [-0.39, 0.29) is 5.91 Å². The number of amides is 1. The zero-order valence-electron chi connectivity index (χ0n) is 15.2. The van der Waals surface area contributed by atoms with Crippen LogP contribution < -0.4 is 5.01 Å². The third-order valence-electron chi connectivity index (χ3n) is 4.23. The number of azo groups is 1. The van der Waals surface area contributed by atoms with Crippen LogP contribution in [-0.2, 0) is 4.79 Å². The number of hydrogen-bond acceptors (Lipinski definition) is 6. The Morgan fingerprint density at radius 2 is 1.79 bits per heavy atom. The van der Waals surface area contributed by atoms with Crippen LogP contribution in [0, 0.1) is 6.92 Å². The molecule has 0 fully saturated rings. The standard InChI is InChI=1S/C20H16BrN5OS/c1-12-3-5-14(6-4-12)17-11-28-20(22-17)26-19(27)18(13(2)25-26)24-23-16-9-7-15(21)8-10-16/h3-11,18H,1-2H3/t18-/m1/s1. The quantitative estimate of drug-likeness (QED) is 0.471. The summed E-state index contributed by atoms with van der Waals surface area (Å²) in [5, 5.41) is 16.5. The molecule has 0 bridgehead atoms. The smallest absolute Gasteiger partial charge is 0.269 e. The summed E-state index contributed by atoms with van der Waals surface area (Å²) in [6.07, 6.45) is 0. The zero-order chi connectivity index (χ0) is 19.7. The molecule has 1 aliphatic heterocycles. The third kappa shape index (κ3) is 3.79. The number of aromatic nitrogens is 1. The highest BCUT2D eigenvalue weighted by Crippen LogP contribution is 2.31. The van der Waals surface area contributed by atoms with Crippen LogP contribution in [0.25, 0.3) is 11.3 Å². The van der Waals surface area contributed by atoms with Crippen molar-refractivity contribution in [3.8, 4) is 11.3 Å². The molecule has 0 spiro atoms. The predicted octanol–water partition coefficient (Wildman–Crippen LogP) is 5.76. The van der Waals surface area contributed by atoms with E-state index in [2.05, 4.69) is 36.2 Å². The Morgan fingerprint density at radius 3 is 2.50 bits per heavy atom. The van der Waals surface area contributed by atoms with E-state index in [4.69, 9.17) is 0 Å². The maximum Gasteiger partial charge on any atom is 0.282 e. The number of carbonyl (C=O) groups excluding carboxylic acids is 1. The van der Waals surface area contributed by atoms with Crippen LogP contribution >= 0.6 is 27.3 Å². The molecule has 8 heteroatoms. The third-order valence-corrected chi connectivity index (χ3v) is 5.58. The van der Waals surface area contributed by atoms with Crippen molar-refractivity contribution >= 4 is 49.7 Å². The molecular weight excluding hydrogens is 438 g/mol. The van der Waals surface area contributed by atoms with Crippen molar-refractivity contribution in [2.24, 2.45) is 15.3 Å². The summed E-state index contributed by atoms with van der Waals surface area (Å²) >= 11 is 4.76. The minimum Gasteiger partial charge on any atom is -0.269 e. The number of aryl methyl sites for hydroxylation is 1. The lowest BCUT2D eigenvalue weighted by atomic mass is 10.1. The van der Waals surface area contributed by atoms with Gasteiger partial charge in [0.1, 0.15) is 0 Å². The monoisotopic (exact) mass is 453 g/mol. The summed E-state index contributed by atoms with van der Waals surface area (Å²) in [4.78, 5) is 17.4. The van der Waals surface area contributed by atoms with Crippen molar-refractivity contribution in [3.63, 3.8) is 0 Å². The van der Waals surface area contributed by atoms with Gasteiger partial charge in [0.05, 0.1) is 17.1 Å². The average molecular weight is 454 g/mol. The molecule has 0 radical (unpaired) electrons. The van der Waals surface area contributed by atoms with Gasteiger partial charge in [0.2, 0.25) is 5.13 Å². The minimum absolute atomic E-state index is 0.247. The molecule has 0 N–H and O–H groups in total. The maximum absolute atomic E-state index is 12.8. The average Bonchev–Trinajstić information content (AvgIpc) is 3.27. The Bertz CT molecular complexity index is 1070. The SMILES string of the molecule is CC1=NN(c2nc(-c3ccc(C)cc3)cs2)C(=O)[C@@H]1N=Nc1ccc(Br)cc1. The van der Waals surface area contributed by atoms with E-state index in [0.717, 1.165) is 15.7 Å². The van der Waals surface area contributed by atoms with Gasteiger partial charge in [0.25, 0.3) is 5.91 Å². The lowest BCUT2D eigenvalue weighted by Gasteiger charge is -2.08. The number of anilines is 1. The molecule has 1 aromatic heterocycles. The number of carbonyl (C=O) groups is 1. The van der Waals surface area contributed by atoms with Gasteiger partial charge in [-0.1, -0.05) is 45.8 Å². The van der Waals surface area contributed by atoms with Crippen molar-refractivity contribution in [2.75, 3.05) is 5.01 Å². The fraction of sp³-hybridized carbons (Fsp3) is 0.150. The molecule has 0 aliphatic carbocycles. The first-order valence-corrected chi connectivity index (χ1v) is 10.3. The molecule has 4 rings (SSSR count). The summed E-state index contributed by atoms with van der Waals surface area (Å²) in [6.45, 7) is 3.82. The first kappa shape index (κ1) is 18.6. The Morgan fingerprint density at radius 1 is 1.07 bits per heavy atom. The second-order valence-corrected chi connectivity index (χ2v) is 8.12. The maximum atomic E-state index is 12.8. The highest BCUT2D eigenvalue weighted by atomic mass is 79.9. The Hall–Kier alpha value is -2.71. The summed E-state index contributed by atoms with van der Waals surface area (Å²) in [5.74, 6) is -0.247. The number of benzene rings is 2. The molecule has 28 heavy (non-hydrogen) atoms. The van der Waals surface area contributed by atoms with Gasteiger partial charge in [-0.2, -0.15) is 20.3 Å². The van der Waals surface area contributed by atoms with Gasteiger partial charge in [0, 0.05) is 15.4 Å². The van der Waals surface area contributed by atoms with Crippen LogP contribution in [0.4, 0.5) is 10.8 Å².